The van der Waals surface area contributed by atoms with E-state index in [1.165, 1.54) is 12.1 Å². The van der Waals surface area contributed by atoms with Crippen molar-refractivity contribution in [2.24, 2.45) is 5.92 Å². The number of amides is 2. The standard InChI is InChI=1S/C19H21FN2O2/c1-13(2)11-21-18(23)15-4-3-5-16(10-15)19(24)22-12-14-6-8-17(20)9-7-14/h3-10,13H,11-12H2,1-2H3,(H,21,23)(H,22,24). The molecule has 0 atom stereocenters. The molecule has 0 spiro atoms. The lowest BCUT2D eigenvalue weighted by Gasteiger charge is -2.09. The lowest BCUT2D eigenvalue weighted by molar-refractivity contribution is 0.0949. The molecular weight excluding hydrogens is 307 g/mol. The first-order chi connectivity index (χ1) is 11.5. The van der Waals surface area contributed by atoms with E-state index >= 15 is 0 Å². The van der Waals surface area contributed by atoms with E-state index in [4.69, 9.17) is 0 Å². The molecule has 4 nitrogen and oxygen atoms in total. The zero-order chi connectivity index (χ0) is 17.5. The van der Waals surface area contributed by atoms with Crippen molar-refractivity contribution in [3.63, 3.8) is 0 Å². The van der Waals surface area contributed by atoms with E-state index in [-0.39, 0.29) is 17.6 Å². The minimum Gasteiger partial charge on any atom is -0.352 e. The second-order valence-electron chi connectivity index (χ2n) is 5.99. The molecule has 0 saturated carbocycles. The predicted molar refractivity (Wildman–Crippen MR) is 91.2 cm³/mol. The summed E-state index contributed by atoms with van der Waals surface area (Å²) in [5.74, 6) is -0.434. The highest BCUT2D eigenvalue weighted by Gasteiger charge is 2.10. The molecule has 0 aromatic heterocycles. The molecule has 0 radical (unpaired) electrons. The Hall–Kier alpha value is -2.69. The lowest BCUT2D eigenvalue weighted by atomic mass is 10.1. The maximum atomic E-state index is 12.9. The summed E-state index contributed by atoms with van der Waals surface area (Å²) in [5.41, 5.74) is 1.66. The fourth-order valence-electron chi connectivity index (χ4n) is 2.09. The fraction of sp³-hybridized carbons (Fsp3) is 0.263. The van der Waals surface area contributed by atoms with E-state index in [1.807, 2.05) is 13.8 Å². The summed E-state index contributed by atoms with van der Waals surface area (Å²) < 4.78 is 12.9. The number of rotatable bonds is 6. The molecule has 2 aromatic rings. The van der Waals surface area contributed by atoms with Crippen molar-refractivity contribution in [1.82, 2.24) is 10.6 Å². The third-order valence-corrected chi connectivity index (χ3v) is 3.42. The van der Waals surface area contributed by atoms with Crippen LogP contribution in [0.4, 0.5) is 4.39 Å². The molecule has 0 aliphatic heterocycles. The summed E-state index contributed by atoms with van der Waals surface area (Å²) in [6.07, 6.45) is 0. The quantitative estimate of drug-likeness (QED) is 0.856. The summed E-state index contributed by atoms with van der Waals surface area (Å²) in [5, 5.41) is 5.58. The van der Waals surface area contributed by atoms with Crippen molar-refractivity contribution < 1.29 is 14.0 Å². The molecule has 126 valence electrons. The highest BCUT2D eigenvalue weighted by molar-refractivity contribution is 5.99. The van der Waals surface area contributed by atoms with Crippen LogP contribution in [0, 0.1) is 11.7 Å². The first kappa shape index (κ1) is 17.7. The van der Waals surface area contributed by atoms with Crippen LogP contribution in [0.1, 0.15) is 40.1 Å². The van der Waals surface area contributed by atoms with E-state index in [0.29, 0.717) is 30.1 Å². The summed E-state index contributed by atoms with van der Waals surface area (Å²) >= 11 is 0. The minimum absolute atomic E-state index is 0.197. The maximum absolute atomic E-state index is 12.9. The monoisotopic (exact) mass is 328 g/mol. The van der Waals surface area contributed by atoms with E-state index in [2.05, 4.69) is 10.6 Å². The normalized spacial score (nSPS) is 10.5. The molecule has 2 N–H and O–H groups in total. The molecule has 0 heterocycles. The lowest BCUT2D eigenvalue weighted by Crippen LogP contribution is -2.28. The third-order valence-electron chi connectivity index (χ3n) is 3.42. The second-order valence-corrected chi connectivity index (χ2v) is 5.99. The Labute approximate surface area is 141 Å². The number of halogens is 1. The Morgan fingerprint density at radius 2 is 1.54 bits per heavy atom. The number of carbonyl (C=O) groups excluding carboxylic acids is 2. The smallest absolute Gasteiger partial charge is 0.251 e. The van der Waals surface area contributed by atoms with E-state index < -0.39 is 0 Å². The van der Waals surface area contributed by atoms with Gasteiger partial charge in [0.05, 0.1) is 0 Å². The van der Waals surface area contributed by atoms with Gasteiger partial charge in [0.25, 0.3) is 11.8 Å². The molecule has 2 rings (SSSR count). The van der Waals surface area contributed by atoms with Gasteiger partial charge in [0.15, 0.2) is 0 Å². The molecule has 0 saturated heterocycles. The van der Waals surface area contributed by atoms with E-state index in [0.717, 1.165) is 5.56 Å². The summed E-state index contributed by atoms with van der Waals surface area (Å²) in [6.45, 7) is 4.90. The van der Waals surface area contributed by atoms with Gasteiger partial charge in [0.2, 0.25) is 0 Å². The van der Waals surface area contributed by atoms with Gasteiger partial charge in [-0.05, 0) is 41.8 Å². The second kappa shape index (κ2) is 8.24. The van der Waals surface area contributed by atoms with Crippen LogP contribution in [0.5, 0.6) is 0 Å². The Bertz CT molecular complexity index is 712. The van der Waals surface area contributed by atoms with Gasteiger partial charge in [-0.2, -0.15) is 0 Å². The number of hydrogen-bond acceptors (Lipinski definition) is 2. The third kappa shape index (κ3) is 5.19. The molecule has 0 bridgehead atoms. The van der Waals surface area contributed by atoms with Crippen LogP contribution in [0.2, 0.25) is 0 Å². The average molecular weight is 328 g/mol. The molecule has 0 fully saturated rings. The Morgan fingerprint density at radius 1 is 0.958 bits per heavy atom. The molecule has 5 heteroatoms. The van der Waals surface area contributed by atoms with Crippen LogP contribution < -0.4 is 10.6 Å². The number of hydrogen-bond donors (Lipinski definition) is 2. The number of benzene rings is 2. The van der Waals surface area contributed by atoms with Crippen molar-refractivity contribution in [2.45, 2.75) is 20.4 Å². The van der Waals surface area contributed by atoms with Gasteiger partial charge in [0.1, 0.15) is 5.82 Å². The fourth-order valence-corrected chi connectivity index (χ4v) is 2.09. The molecule has 0 unspecified atom stereocenters. The largest absolute Gasteiger partial charge is 0.352 e. The molecule has 24 heavy (non-hydrogen) atoms. The molecule has 0 aliphatic rings. The van der Waals surface area contributed by atoms with Crippen LogP contribution >= 0.6 is 0 Å². The van der Waals surface area contributed by atoms with Gasteiger partial charge in [-0.15, -0.1) is 0 Å². The predicted octanol–water partition coefficient (Wildman–Crippen LogP) is 3.14. The number of nitrogens with one attached hydrogen (secondary N) is 2. The zero-order valence-electron chi connectivity index (χ0n) is 13.8. The summed E-state index contributed by atoms with van der Waals surface area (Å²) in [4.78, 5) is 24.3. The van der Waals surface area contributed by atoms with Crippen molar-refractivity contribution in [1.29, 1.82) is 0 Å². The summed E-state index contributed by atoms with van der Waals surface area (Å²) in [7, 11) is 0. The first-order valence-corrected chi connectivity index (χ1v) is 7.86. The van der Waals surface area contributed by atoms with Crippen molar-refractivity contribution in [3.05, 3.63) is 71.0 Å². The number of carbonyl (C=O) groups is 2. The molecular formula is C19H21FN2O2. The minimum atomic E-state index is -0.315. The highest BCUT2D eigenvalue weighted by Crippen LogP contribution is 2.07. The van der Waals surface area contributed by atoms with Gasteiger partial charge >= 0.3 is 0 Å². The van der Waals surface area contributed by atoms with Crippen molar-refractivity contribution in [2.75, 3.05) is 6.54 Å². The Kier molecular flexibility index (Phi) is 6.07. The van der Waals surface area contributed by atoms with Gasteiger partial charge in [-0.25, -0.2) is 4.39 Å². The maximum Gasteiger partial charge on any atom is 0.251 e. The van der Waals surface area contributed by atoms with Gasteiger partial charge in [-0.1, -0.05) is 32.0 Å². The van der Waals surface area contributed by atoms with Crippen LogP contribution in [-0.2, 0) is 6.54 Å². The van der Waals surface area contributed by atoms with E-state index in [1.54, 1.807) is 36.4 Å². The van der Waals surface area contributed by atoms with Crippen LogP contribution in [0.3, 0.4) is 0 Å². The van der Waals surface area contributed by atoms with Crippen LogP contribution in [0.15, 0.2) is 48.5 Å². The molecule has 2 aromatic carbocycles. The Balaban J connectivity index is 1.98. The van der Waals surface area contributed by atoms with Crippen LogP contribution in [-0.4, -0.2) is 18.4 Å². The van der Waals surface area contributed by atoms with Gasteiger partial charge in [-0.3, -0.25) is 9.59 Å². The first-order valence-electron chi connectivity index (χ1n) is 7.86. The van der Waals surface area contributed by atoms with E-state index in [9.17, 15) is 14.0 Å². The van der Waals surface area contributed by atoms with Gasteiger partial charge < -0.3 is 10.6 Å². The molecule has 0 aliphatic carbocycles. The van der Waals surface area contributed by atoms with Crippen LogP contribution in [0.25, 0.3) is 0 Å². The average Bonchev–Trinajstić information content (AvgIpc) is 2.59. The molecule has 2 amide bonds. The highest BCUT2D eigenvalue weighted by atomic mass is 19.1. The topological polar surface area (TPSA) is 58.2 Å². The van der Waals surface area contributed by atoms with Crippen molar-refractivity contribution in [3.8, 4) is 0 Å². The van der Waals surface area contributed by atoms with Crippen molar-refractivity contribution >= 4 is 11.8 Å². The SMILES string of the molecule is CC(C)CNC(=O)c1cccc(C(=O)NCc2ccc(F)cc2)c1. The summed E-state index contributed by atoms with van der Waals surface area (Å²) in [6, 6.07) is 12.5. The Morgan fingerprint density at radius 3 is 2.12 bits per heavy atom. The zero-order valence-corrected chi connectivity index (χ0v) is 13.8. The van der Waals surface area contributed by atoms with Gasteiger partial charge in [0, 0.05) is 24.2 Å².